The van der Waals surface area contributed by atoms with E-state index in [0.29, 0.717) is 22.5 Å². The van der Waals surface area contributed by atoms with Gasteiger partial charge in [0.05, 0.1) is 11.2 Å². The monoisotopic (exact) mass is 323 g/mol. The smallest absolute Gasteiger partial charge is 0.422 e. The Bertz CT molecular complexity index is 895. The van der Waals surface area contributed by atoms with E-state index in [4.69, 9.17) is 0 Å². The molecule has 2 heterocycles. The first-order valence-electron chi connectivity index (χ1n) is 6.72. The van der Waals surface area contributed by atoms with Gasteiger partial charge < -0.3 is 9.72 Å². The maximum atomic E-state index is 12.5. The summed E-state index contributed by atoms with van der Waals surface area (Å²) in [4.78, 5) is 19.6. The molecule has 0 fully saturated rings. The molecular weight excluding hydrogens is 311 g/mol. The third-order valence-corrected chi connectivity index (χ3v) is 3.25. The number of halogens is 3. The molecule has 0 aliphatic rings. The van der Waals surface area contributed by atoms with Gasteiger partial charge in [0.1, 0.15) is 17.1 Å². The molecule has 3 rings (SSSR count). The molecule has 120 valence electrons. The van der Waals surface area contributed by atoms with Gasteiger partial charge in [-0.15, -0.1) is 0 Å². The first kappa shape index (κ1) is 15.1. The van der Waals surface area contributed by atoms with E-state index < -0.39 is 12.8 Å². The third-order valence-electron chi connectivity index (χ3n) is 3.25. The van der Waals surface area contributed by atoms with Crippen LogP contribution < -0.4 is 10.3 Å². The van der Waals surface area contributed by atoms with Crippen molar-refractivity contribution in [2.24, 2.45) is 0 Å². The Morgan fingerprint density at radius 1 is 1.22 bits per heavy atom. The Hall–Kier alpha value is -2.77. The third kappa shape index (κ3) is 3.05. The standard InChI is InChI=1S/C15H12F3N3O2/c1-9-20-12-6-7-19-13(12)14(22)21(9)10-2-4-11(5-3-10)23-8-15(16,17)18/h2-7,19H,8H2,1H3. The second-order valence-electron chi connectivity index (χ2n) is 4.94. The van der Waals surface area contributed by atoms with Crippen LogP contribution in [0.3, 0.4) is 0 Å². The normalized spacial score (nSPS) is 11.8. The van der Waals surface area contributed by atoms with Gasteiger partial charge in [-0.3, -0.25) is 9.36 Å². The van der Waals surface area contributed by atoms with Crippen LogP contribution in [0.2, 0.25) is 0 Å². The lowest BCUT2D eigenvalue weighted by Gasteiger charge is -2.12. The van der Waals surface area contributed by atoms with Crippen molar-refractivity contribution in [3.8, 4) is 11.4 Å². The van der Waals surface area contributed by atoms with Crippen LogP contribution in [0.1, 0.15) is 5.82 Å². The summed E-state index contributed by atoms with van der Waals surface area (Å²) >= 11 is 0. The minimum absolute atomic E-state index is 0.0747. The number of nitrogens with one attached hydrogen (secondary N) is 1. The summed E-state index contributed by atoms with van der Waals surface area (Å²) in [5, 5.41) is 0. The summed E-state index contributed by atoms with van der Waals surface area (Å²) in [5.74, 6) is 0.553. The number of aromatic amines is 1. The number of H-pyrrole nitrogens is 1. The van der Waals surface area contributed by atoms with Crippen LogP contribution in [0.5, 0.6) is 5.75 Å². The predicted octanol–water partition coefficient (Wildman–Crippen LogP) is 2.96. The van der Waals surface area contributed by atoms with E-state index in [1.807, 2.05) is 0 Å². The Kier molecular flexibility index (Phi) is 3.59. The number of hydrogen-bond acceptors (Lipinski definition) is 3. The van der Waals surface area contributed by atoms with Crippen molar-refractivity contribution >= 4 is 11.0 Å². The second kappa shape index (κ2) is 5.45. The van der Waals surface area contributed by atoms with Gasteiger partial charge in [0.25, 0.3) is 5.56 Å². The molecule has 0 aliphatic carbocycles. The molecule has 0 radical (unpaired) electrons. The van der Waals surface area contributed by atoms with Crippen LogP contribution in [0.4, 0.5) is 13.2 Å². The molecule has 0 aliphatic heterocycles. The minimum Gasteiger partial charge on any atom is -0.484 e. The van der Waals surface area contributed by atoms with Gasteiger partial charge in [0.2, 0.25) is 0 Å². The van der Waals surface area contributed by atoms with E-state index in [9.17, 15) is 18.0 Å². The lowest BCUT2D eigenvalue weighted by Crippen LogP contribution is -2.22. The molecule has 23 heavy (non-hydrogen) atoms. The Balaban J connectivity index is 1.95. The Labute approximate surface area is 128 Å². The number of ether oxygens (including phenoxy) is 1. The van der Waals surface area contributed by atoms with Crippen molar-refractivity contribution in [2.45, 2.75) is 13.1 Å². The minimum atomic E-state index is -4.39. The molecule has 1 aromatic carbocycles. The molecule has 0 spiro atoms. The Morgan fingerprint density at radius 2 is 1.91 bits per heavy atom. The molecular formula is C15H12F3N3O2. The SMILES string of the molecule is Cc1nc2cc[nH]c2c(=O)n1-c1ccc(OCC(F)(F)F)cc1. The fourth-order valence-corrected chi connectivity index (χ4v) is 2.27. The van der Waals surface area contributed by atoms with Crippen LogP contribution in [0, 0.1) is 6.92 Å². The Morgan fingerprint density at radius 3 is 2.57 bits per heavy atom. The van der Waals surface area contributed by atoms with E-state index in [1.165, 1.54) is 28.8 Å². The molecule has 0 atom stereocenters. The van der Waals surface area contributed by atoms with Crippen molar-refractivity contribution in [2.75, 3.05) is 6.61 Å². The van der Waals surface area contributed by atoms with Crippen LogP contribution in [-0.2, 0) is 0 Å². The molecule has 0 bridgehead atoms. The molecule has 1 N–H and O–H groups in total. The highest BCUT2D eigenvalue weighted by Gasteiger charge is 2.28. The highest BCUT2D eigenvalue weighted by atomic mass is 19.4. The predicted molar refractivity (Wildman–Crippen MR) is 78.0 cm³/mol. The van der Waals surface area contributed by atoms with Gasteiger partial charge in [-0.2, -0.15) is 13.2 Å². The van der Waals surface area contributed by atoms with Gasteiger partial charge in [0.15, 0.2) is 6.61 Å². The molecule has 0 amide bonds. The maximum Gasteiger partial charge on any atom is 0.422 e. The number of alkyl halides is 3. The fourth-order valence-electron chi connectivity index (χ4n) is 2.27. The lowest BCUT2D eigenvalue weighted by atomic mass is 10.3. The summed E-state index contributed by atoms with van der Waals surface area (Å²) in [6.45, 7) is 0.323. The van der Waals surface area contributed by atoms with Crippen molar-refractivity contribution in [1.29, 1.82) is 0 Å². The number of fused-ring (bicyclic) bond motifs is 1. The highest BCUT2D eigenvalue weighted by molar-refractivity contribution is 5.74. The molecule has 0 saturated heterocycles. The van der Waals surface area contributed by atoms with Crippen molar-refractivity contribution in [3.05, 3.63) is 52.7 Å². The van der Waals surface area contributed by atoms with E-state index in [2.05, 4.69) is 14.7 Å². The van der Waals surface area contributed by atoms with Gasteiger partial charge in [-0.05, 0) is 37.3 Å². The van der Waals surface area contributed by atoms with Crippen LogP contribution in [0.15, 0.2) is 41.3 Å². The van der Waals surface area contributed by atoms with Crippen LogP contribution >= 0.6 is 0 Å². The first-order chi connectivity index (χ1) is 10.8. The molecule has 8 heteroatoms. The maximum absolute atomic E-state index is 12.5. The van der Waals surface area contributed by atoms with Crippen molar-refractivity contribution in [3.63, 3.8) is 0 Å². The van der Waals surface area contributed by atoms with E-state index in [0.717, 1.165) is 0 Å². The zero-order valence-corrected chi connectivity index (χ0v) is 12.0. The van der Waals surface area contributed by atoms with Crippen molar-refractivity contribution < 1.29 is 17.9 Å². The lowest BCUT2D eigenvalue weighted by molar-refractivity contribution is -0.153. The summed E-state index contributed by atoms with van der Waals surface area (Å²) in [6, 6.07) is 7.48. The number of aromatic nitrogens is 3. The van der Waals surface area contributed by atoms with Gasteiger partial charge in [0, 0.05) is 6.20 Å². The van der Waals surface area contributed by atoms with Gasteiger partial charge in [-0.25, -0.2) is 4.98 Å². The number of hydrogen-bond donors (Lipinski definition) is 1. The molecule has 5 nitrogen and oxygen atoms in total. The molecule has 3 aromatic rings. The summed E-state index contributed by atoms with van der Waals surface area (Å²) in [7, 11) is 0. The average Bonchev–Trinajstić information content (AvgIpc) is 2.94. The van der Waals surface area contributed by atoms with Crippen LogP contribution in [0.25, 0.3) is 16.7 Å². The number of rotatable bonds is 3. The quantitative estimate of drug-likeness (QED) is 0.806. The molecule has 0 unspecified atom stereocenters. The van der Waals surface area contributed by atoms with E-state index in [-0.39, 0.29) is 11.3 Å². The first-order valence-corrected chi connectivity index (χ1v) is 6.72. The largest absolute Gasteiger partial charge is 0.484 e. The van der Waals surface area contributed by atoms with E-state index >= 15 is 0 Å². The molecule has 2 aromatic heterocycles. The number of aryl methyl sites for hydroxylation is 1. The zero-order chi connectivity index (χ0) is 16.6. The van der Waals surface area contributed by atoms with Gasteiger partial charge in [-0.1, -0.05) is 0 Å². The summed E-state index contributed by atoms with van der Waals surface area (Å²) in [6.07, 6.45) is -2.77. The fraction of sp³-hybridized carbons (Fsp3) is 0.200. The van der Waals surface area contributed by atoms with Gasteiger partial charge >= 0.3 is 6.18 Å². The van der Waals surface area contributed by atoms with Crippen LogP contribution in [-0.4, -0.2) is 27.3 Å². The summed E-state index contributed by atoms with van der Waals surface area (Å²) < 4.78 is 42.4. The summed E-state index contributed by atoms with van der Waals surface area (Å²) in [5.41, 5.74) is 1.15. The van der Waals surface area contributed by atoms with Crippen molar-refractivity contribution in [1.82, 2.24) is 14.5 Å². The molecule has 0 saturated carbocycles. The number of nitrogens with zero attached hydrogens (tertiary/aromatic N) is 2. The highest BCUT2D eigenvalue weighted by Crippen LogP contribution is 2.20. The average molecular weight is 323 g/mol. The number of benzene rings is 1. The second-order valence-corrected chi connectivity index (χ2v) is 4.94. The topological polar surface area (TPSA) is 59.9 Å². The zero-order valence-electron chi connectivity index (χ0n) is 12.0. The van der Waals surface area contributed by atoms with E-state index in [1.54, 1.807) is 19.2 Å².